The van der Waals surface area contributed by atoms with Crippen LogP contribution >= 0.6 is 0 Å². The number of carbonyl (C=O) groups is 1. The molecule has 0 saturated carbocycles. The van der Waals surface area contributed by atoms with Crippen LogP contribution in [0.2, 0.25) is 0 Å². The van der Waals surface area contributed by atoms with Crippen molar-refractivity contribution in [3.63, 3.8) is 0 Å². The van der Waals surface area contributed by atoms with Crippen LogP contribution < -0.4 is 14.8 Å². The summed E-state index contributed by atoms with van der Waals surface area (Å²) in [4.78, 5) is 13.0. The molecule has 1 amide bonds. The molecule has 160 valence electrons. The van der Waals surface area contributed by atoms with Gasteiger partial charge in [0.25, 0.3) is 5.91 Å². The SMILES string of the molecule is COc1ccc(OC)c(-n2nnc(C(=O)Nc3cc(C#N)cc(C(C)(C)C)c3)c2C)c1. The first kappa shape index (κ1) is 21.8. The van der Waals surface area contributed by atoms with E-state index < -0.39 is 5.91 Å². The Balaban J connectivity index is 1.96. The molecule has 0 aliphatic carbocycles. The van der Waals surface area contributed by atoms with Gasteiger partial charge in [-0.25, -0.2) is 4.68 Å². The van der Waals surface area contributed by atoms with Gasteiger partial charge in [-0.15, -0.1) is 5.10 Å². The van der Waals surface area contributed by atoms with Gasteiger partial charge < -0.3 is 14.8 Å². The van der Waals surface area contributed by atoms with E-state index in [4.69, 9.17) is 9.47 Å². The average Bonchev–Trinajstić information content (AvgIpc) is 3.13. The van der Waals surface area contributed by atoms with Gasteiger partial charge in [-0.3, -0.25) is 4.79 Å². The van der Waals surface area contributed by atoms with Crippen molar-refractivity contribution in [2.75, 3.05) is 19.5 Å². The number of hydrogen-bond donors (Lipinski definition) is 1. The van der Waals surface area contributed by atoms with Crippen molar-refractivity contribution in [3.05, 3.63) is 58.9 Å². The highest BCUT2D eigenvalue weighted by molar-refractivity contribution is 6.03. The number of methoxy groups -OCH3 is 2. The highest BCUT2D eigenvalue weighted by atomic mass is 16.5. The van der Waals surface area contributed by atoms with Gasteiger partial charge in [0.15, 0.2) is 5.69 Å². The Labute approximate surface area is 181 Å². The van der Waals surface area contributed by atoms with Crippen molar-refractivity contribution >= 4 is 11.6 Å². The minimum absolute atomic E-state index is 0.171. The van der Waals surface area contributed by atoms with E-state index in [1.54, 1.807) is 45.4 Å². The molecule has 8 heteroatoms. The van der Waals surface area contributed by atoms with Gasteiger partial charge >= 0.3 is 0 Å². The average molecular weight is 419 g/mol. The molecule has 3 rings (SSSR count). The molecular formula is C23H25N5O3. The van der Waals surface area contributed by atoms with E-state index in [-0.39, 0.29) is 11.1 Å². The molecule has 0 fully saturated rings. The number of aromatic nitrogens is 3. The number of carbonyl (C=O) groups excluding carboxylic acids is 1. The fourth-order valence-electron chi connectivity index (χ4n) is 3.12. The first-order valence-corrected chi connectivity index (χ1v) is 9.69. The Kier molecular flexibility index (Phi) is 5.97. The third kappa shape index (κ3) is 4.51. The molecule has 0 bridgehead atoms. The quantitative estimate of drug-likeness (QED) is 0.670. The summed E-state index contributed by atoms with van der Waals surface area (Å²) in [6.07, 6.45) is 0. The topological polar surface area (TPSA) is 102 Å². The Morgan fingerprint density at radius 2 is 1.87 bits per heavy atom. The second-order valence-corrected chi connectivity index (χ2v) is 8.09. The Bertz CT molecular complexity index is 1170. The summed E-state index contributed by atoms with van der Waals surface area (Å²) in [6, 6.07) is 12.8. The minimum Gasteiger partial charge on any atom is -0.497 e. The van der Waals surface area contributed by atoms with Crippen molar-refractivity contribution in [2.45, 2.75) is 33.1 Å². The summed E-state index contributed by atoms with van der Waals surface area (Å²) in [7, 11) is 3.13. The van der Waals surface area contributed by atoms with E-state index in [9.17, 15) is 10.1 Å². The molecule has 0 saturated heterocycles. The van der Waals surface area contributed by atoms with E-state index in [1.807, 2.05) is 32.9 Å². The Morgan fingerprint density at radius 3 is 2.48 bits per heavy atom. The van der Waals surface area contributed by atoms with Gasteiger partial charge in [0.1, 0.15) is 17.2 Å². The van der Waals surface area contributed by atoms with Crippen LogP contribution in [0.1, 0.15) is 48.1 Å². The number of ether oxygens (including phenoxy) is 2. The van der Waals surface area contributed by atoms with Gasteiger partial charge in [-0.1, -0.05) is 26.0 Å². The van der Waals surface area contributed by atoms with Crippen molar-refractivity contribution in [1.82, 2.24) is 15.0 Å². The highest BCUT2D eigenvalue weighted by Crippen LogP contribution is 2.29. The van der Waals surface area contributed by atoms with Crippen molar-refractivity contribution in [3.8, 4) is 23.3 Å². The molecule has 2 aromatic carbocycles. The Morgan fingerprint density at radius 1 is 1.13 bits per heavy atom. The summed E-state index contributed by atoms with van der Waals surface area (Å²) >= 11 is 0. The molecule has 0 spiro atoms. The van der Waals surface area contributed by atoms with Gasteiger partial charge in [0.05, 0.1) is 31.5 Å². The third-order valence-corrected chi connectivity index (χ3v) is 4.91. The number of anilines is 1. The minimum atomic E-state index is -0.416. The van der Waals surface area contributed by atoms with Gasteiger partial charge in [0.2, 0.25) is 0 Å². The molecule has 1 N–H and O–H groups in total. The van der Waals surface area contributed by atoms with Gasteiger partial charge in [-0.05, 0) is 48.2 Å². The van der Waals surface area contributed by atoms with Crippen LogP contribution in [0.4, 0.5) is 5.69 Å². The van der Waals surface area contributed by atoms with E-state index >= 15 is 0 Å². The van der Waals surface area contributed by atoms with Gasteiger partial charge in [-0.2, -0.15) is 5.26 Å². The van der Waals surface area contributed by atoms with Crippen molar-refractivity contribution in [1.29, 1.82) is 5.26 Å². The van der Waals surface area contributed by atoms with E-state index in [1.165, 1.54) is 4.68 Å². The fraction of sp³-hybridized carbons (Fsp3) is 0.304. The first-order chi connectivity index (χ1) is 14.7. The van der Waals surface area contributed by atoms with Crippen LogP contribution in [0.3, 0.4) is 0 Å². The highest BCUT2D eigenvalue weighted by Gasteiger charge is 2.21. The van der Waals surface area contributed by atoms with Crippen LogP contribution in [-0.2, 0) is 5.41 Å². The van der Waals surface area contributed by atoms with Crippen molar-refractivity contribution in [2.24, 2.45) is 0 Å². The van der Waals surface area contributed by atoms with E-state index in [2.05, 4.69) is 21.7 Å². The largest absolute Gasteiger partial charge is 0.497 e. The molecule has 0 atom stereocenters. The number of benzene rings is 2. The number of rotatable bonds is 5. The summed E-state index contributed by atoms with van der Waals surface area (Å²) in [6.45, 7) is 7.89. The predicted octanol–water partition coefficient (Wildman–Crippen LogP) is 4.01. The number of nitriles is 1. The normalized spacial score (nSPS) is 11.0. The second kappa shape index (κ2) is 8.48. The maximum absolute atomic E-state index is 13.0. The molecule has 8 nitrogen and oxygen atoms in total. The van der Waals surface area contributed by atoms with Crippen LogP contribution in [0.5, 0.6) is 11.5 Å². The third-order valence-electron chi connectivity index (χ3n) is 4.91. The summed E-state index contributed by atoms with van der Waals surface area (Å²) < 4.78 is 12.2. The summed E-state index contributed by atoms with van der Waals surface area (Å²) in [5.74, 6) is 0.776. The number of nitrogens with one attached hydrogen (secondary N) is 1. The van der Waals surface area contributed by atoms with Crippen LogP contribution in [0.25, 0.3) is 5.69 Å². The molecular weight excluding hydrogens is 394 g/mol. The molecule has 1 heterocycles. The fourth-order valence-corrected chi connectivity index (χ4v) is 3.12. The number of hydrogen-bond acceptors (Lipinski definition) is 6. The van der Waals surface area contributed by atoms with Crippen LogP contribution in [0.15, 0.2) is 36.4 Å². The molecule has 31 heavy (non-hydrogen) atoms. The van der Waals surface area contributed by atoms with Crippen LogP contribution in [-0.4, -0.2) is 35.1 Å². The molecule has 0 radical (unpaired) electrons. The molecule has 0 unspecified atom stereocenters. The maximum Gasteiger partial charge on any atom is 0.278 e. The zero-order valence-corrected chi connectivity index (χ0v) is 18.5. The summed E-state index contributed by atoms with van der Waals surface area (Å²) in [5, 5.41) is 20.4. The lowest BCUT2D eigenvalue weighted by molar-refractivity contribution is 0.102. The lowest BCUT2D eigenvalue weighted by Crippen LogP contribution is -2.16. The maximum atomic E-state index is 13.0. The van der Waals surface area contributed by atoms with Gasteiger partial charge in [0, 0.05) is 11.8 Å². The zero-order chi connectivity index (χ0) is 22.8. The standard InChI is InChI=1S/C23H25N5O3/c1-14-21(26-27-28(14)19-12-18(30-5)7-8-20(19)31-6)22(29)25-17-10-15(13-24)9-16(11-17)23(2,3)4/h7-12H,1-6H3,(H,25,29). The summed E-state index contributed by atoms with van der Waals surface area (Å²) in [5.41, 5.74) is 3.09. The predicted molar refractivity (Wildman–Crippen MR) is 117 cm³/mol. The number of amides is 1. The Hall–Kier alpha value is -3.86. The van der Waals surface area contributed by atoms with Crippen molar-refractivity contribution < 1.29 is 14.3 Å². The molecule has 0 aliphatic heterocycles. The monoisotopic (exact) mass is 419 g/mol. The van der Waals surface area contributed by atoms with Crippen LogP contribution in [0, 0.1) is 18.3 Å². The smallest absolute Gasteiger partial charge is 0.278 e. The zero-order valence-electron chi connectivity index (χ0n) is 18.5. The first-order valence-electron chi connectivity index (χ1n) is 9.69. The van der Waals surface area contributed by atoms with E-state index in [0.29, 0.717) is 34.1 Å². The number of nitrogens with zero attached hydrogens (tertiary/aromatic N) is 4. The second-order valence-electron chi connectivity index (χ2n) is 8.09. The lowest BCUT2D eigenvalue weighted by atomic mass is 9.86. The molecule has 0 aliphatic rings. The molecule has 1 aromatic heterocycles. The lowest BCUT2D eigenvalue weighted by Gasteiger charge is -2.20. The van der Waals surface area contributed by atoms with E-state index in [0.717, 1.165) is 5.56 Å². The molecule has 3 aromatic rings.